The van der Waals surface area contributed by atoms with E-state index >= 15 is 0 Å². The number of aromatic nitrogens is 2. The van der Waals surface area contributed by atoms with Crippen molar-refractivity contribution in [3.8, 4) is 0 Å². The van der Waals surface area contributed by atoms with Crippen molar-refractivity contribution in [2.24, 2.45) is 5.41 Å². The molecule has 0 radical (unpaired) electrons. The van der Waals surface area contributed by atoms with Gasteiger partial charge in [-0.1, -0.05) is 41.5 Å². The Morgan fingerprint density at radius 2 is 1.39 bits per heavy atom. The SMILES string of the molecule is CC(C)(C)c1ncc(C(C(=O)OCc2c(F)c(F)c(CO)c(F)c2F)C(C)(C)C)cn1. The van der Waals surface area contributed by atoms with E-state index in [-0.39, 0.29) is 5.41 Å². The maximum atomic E-state index is 14.2. The van der Waals surface area contributed by atoms with E-state index in [0.29, 0.717) is 11.4 Å². The molecule has 2 aromatic rings. The van der Waals surface area contributed by atoms with Crippen LogP contribution in [0.2, 0.25) is 0 Å². The van der Waals surface area contributed by atoms with E-state index in [1.165, 1.54) is 12.4 Å². The van der Waals surface area contributed by atoms with Crippen molar-refractivity contribution in [2.45, 2.75) is 66.1 Å². The van der Waals surface area contributed by atoms with Gasteiger partial charge in [0.2, 0.25) is 0 Å². The van der Waals surface area contributed by atoms with Gasteiger partial charge in [-0.3, -0.25) is 4.79 Å². The minimum absolute atomic E-state index is 0.305. The summed E-state index contributed by atoms with van der Waals surface area (Å²) < 4.78 is 61.1. The summed E-state index contributed by atoms with van der Waals surface area (Å²) in [5.41, 5.74) is -2.76. The molecule has 0 aliphatic rings. The summed E-state index contributed by atoms with van der Waals surface area (Å²) in [5, 5.41) is 8.90. The summed E-state index contributed by atoms with van der Waals surface area (Å²) in [6, 6.07) is 0. The number of halogens is 4. The number of aliphatic hydroxyl groups excluding tert-OH is 1. The molecule has 9 heteroatoms. The lowest BCUT2D eigenvalue weighted by atomic mass is 9.77. The molecule has 1 aromatic heterocycles. The lowest BCUT2D eigenvalue weighted by Crippen LogP contribution is -2.29. The number of hydrogen-bond acceptors (Lipinski definition) is 5. The van der Waals surface area contributed by atoms with E-state index in [2.05, 4.69) is 9.97 Å². The molecule has 0 aliphatic carbocycles. The molecule has 1 N–H and O–H groups in total. The zero-order valence-electron chi connectivity index (χ0n) is 18.3. The Kier molecular flexibility index (Phi) is 7.10. The quantitative estimate of drug-likeness (QED) is 0.413. The molecule has 0 saturated heterocycles. The molecule has 1 heterocycles. The van der Waals surface area contributed by atoms with Crippen LogP contribution in [0.1, 0.15) is 70.0 Å². The number of nitrogens with zero attached hydrogens (tertiary/aromatic N) is 2. The third-order valence-electron chi connectivity index (χ3n) is 4.74. The van der Waals surface area contributed by atoms with Gasteiger partial charge in [-0.05, 0) is 5.41 Å². The van der Waals surface area contributed by atoms with Crippen LogP contribution in [-0.2, 0) is 28.2 Å². The van der Waals surface area contributed by atoms with Gasteiger partial charge in [-0.25, -0.2) is 27.5 Å². The van der Waals surface area contributed by atoms with Crippen LogP contribution in [0, 0.1) is 28.7 Å². The highest BCUT2D eigenvalue weighted by Gasteiger charge is 2.36. The molecule has 2 rings (SSSR count). The Morgan fingerprint density at radius 1 is 0.935 bits per heavy atom. The van der Waals surface area contributed by atoms with Gasteiger partial charge in [0.05, 0.1) is 23.7 Å². The van der Waals surface area contributed by atoms with Crippen LogP contribution in [0.5, 0.6) is 0 Å². The molecule has 0 saturated carbocycles. The van der Waals surface area contributed by atoms with E-state index in [4.69, 9.17) is 9.84 Å². The number of aliphatic hydroxyl groups is 1. The van der Waals surface area contributed by atoms with Crippen molar-refractivity contribution in [3.05, 3.63) is 58.2 Å². The van der Waals surface area contributed by atoms with Crippen molar-refractivity contribution in [1.29, 1.82) is 0 Å². The Balaban J connectivity index is 2.34. The molecule has 31 heavy (non-hydrogen) atoms. The minimum Gasteiger partial charge on any atom is -0.460 e. The number of carbonyl (C=O) groups excluding carboxylic acids is 1. The highest BCUT2D eigenvalue weighted by atomic mass is 19.2. The average molecular weight is 442 g/mol. The molecular formula is C22H26F4N2O3. The summed E-state index contributed by atoms with van der Waals surface area (Å²) in [7, 11) is 0. The second-order valence-corrected chi connectivity index (χ2v) is 9.37. The van der Waals surface area contributed by atoms with Crippen LogP contribution in [-0.4, -0.2) is 21.0 Å². The summed E-state index contributed by atoms with van der Waals surface area (Å²) in [6.07, 6.45) is 2.97. The molecule has 0 aliphatic heterocycles. The van der Waals surface area contributed by atoms with Crippen molar-refractivity contribution < 1.29 is 32.2 Å². The Morgan fingerprint density at radius 3 is 1.77 bits per heavy atom. The van der Waals surface area contributed by atoms with Crippen LogP contribution >= 0.6 is 0 Å². The van der Waals surface area contributed by atoms with Gasteiger partial charge in [0, 0.05) is 23.4 Å². The highest BCUT2D eigenvalue weighted by Crippen LogP contribution is 2.36. The topological polar surface area (TPSA) is 72.3 Å². The number of benzene rings is 1. The Labute approximate surface area is 178 Å². The fourth-order valence-electron chi connectivity index (χ4n) is 3.08. The molecular weight excluding hydrogens is 416 g/mol. The average Bonchev–Trinajstić information content (AvgIpc) is 2.65. The van der Waals surface area contributed by atoms with Gasteiger partial charge in [-0.15, -0.1) is 0 Å². The van der Waals surface area contributed by atoms with Gasteiger partial charge in [0.25, 0.3) is 0 Å². The maximum absolute atomic E-state index is 14.2. The van der Waals surface area contributed by atoms with E-state index in [9.17, 15) is 22.4 Å². The molecule has 1 atom stereocenters. The molecule has 1 unspecified atom stereocenters. The first-order chi connectivity index (χ1) is 14.2. The Hall–Kier alpha value is -2.55. The van der Waals surface area contributed by atoms with Crippen LogP contribution in [0.15, 0.2) is 12.4 Å². The first kappa shape index (κ1) is 24.7. The fourth-order valence-corrected chi connectivity index (χ4v) is 3.08. The largest absolute Gasteiger partial charge is 0.460 e. The highest BCUT2D eigenvalue weighted by molar-refractivity contribution is 5.79. The number of ether oxygens (including phenoxy) is 1. The molecule has 5 nitrogen and oxygen atoms in total. The maximum Gasteiger partial charge on any atom is 0.314 e. The van der Waals surface area contributed by atoms with Gasteiger partial charge in [0.1, 0.15) is 12.4 Å². The lowest BCUT2D eigenvalue weighted by Gasteiger charge is -2.29. The van der Waals surface area contributed by atoms with Crippen LogP contribution in [0.3, 0.4) is 0 Å². The van der Waals surface area contributed by atoms with Crippen molar-refractivity contribution in [3.63, 3.8) is 0 Å². The van der Waals surface area contributed by atoms with Gasteiger partial charge in [0.15, 0.2) is 23.3 Å². The zero-order chi connectivity index (χ0) is 23.7. The monoisotopic (exact) mass is 442 g/mol. The van der Waals surface area contributed by atoms with Crippen molar-refractivity contribution >= 4 is 5.97 Å². The van der Waals surface area contributed by atoms with Crippen LogP contribution in [0.4, 0.5) is 17.6 Å². The second kappa shape index (κ2) is 8.90. The molecule has 0 spiro atoms. The molecule has 1 aromatic carbocycles. The van der Waals surface area contributed by atoms with E-state index in [0.717, 1.165) is 0 Å². The first-order valence-corrected chi connectivity index (χ1v) is 9.63. The lowest BCUT2D eigenvalue weighted by molar-refractivity contribution is -0.149. The van der Waals surface area contributed by atoms with Gasteiger partial charge < -0.3 is 9.84 Å². The standard InChI is InChI=1S/C22H26F4N2O3/c1-21(2,3)14(11-7-27-20(28-8-11)22(4,5)6)19(30)31-10-13-17(25)15(23)12(9-29)16(24)18(13)26/h7-8,14,29H,9-10H2,1-6H3. The minimum atomic E-state index is -1.73. The smallest absolute Gasteiger partial charge is 0.314 e. The predicted octanol–water partition coefficient (Wildman–Crippen LogP) is 4.70. The normalized spacial score (nSPS) is 13.3. The fraction of sp³-hybridized carbons (Fsp3) is 0.500. The predicted molar refractivity (Wildman–Crippen MR) is 105 cm³/mol. The molecule has 0 bridgehead atoms. The van der Waals surface area contributed by atoms with Crippen molar-refractivity contribution in [1.82, 2.24) is 9.97 Å². The Bertz CT molecular complexity index is 936. The number of carbonyl (C=O) groups is 1. The van der Waals surface area contributed by atoms with E-state index in [1.54, 1.807) is 20.8 Å². The molecule has 170 valence electrons. The molecule has 0 amide bonds. The van der Waals surface area contributed by atoms with E-state index in [1.807, 2.05) is 20.8 Å². The number of esters is 1. The van der Waals surface area contributed by atoms with Crippen molar-refractivity contribution in [2.75, 3.05) is 0 Å². The third kappa shape index (κ3) is 5.20. The summed E-state index contributed by atoms with van der Waals surface area (Å²) in [6.45, 7) is 8.82. The number of hydrogen-bond donors (Lipinski definition) is 1. The third-order valence-corrected chi connectivity index (χ3v) is 4.74. The second-order valence-electron chi connectivity index (χ2n) is 9.37. The van der Waals surface area contributed by atoms with Gasteiger partial charge >= 0.3 is 5.97 Å². The first-order valence-electron chi connectivity index (χ1n) is 9.63. The van der Waals surface area contributed by atoms with Gasteiger partial charge in [-0.2, -0.15) is 0 Å². The molecule has 0 fully saturated rings. The van der Waals surface area contributed by atoms with Crippen LogP contribution < -0.4 is 0 Å². The zero-order valence-corrected chi connectivity index (χ0v) is 18.3. The van der Waals surface area contributed by atoms with E-state index < -0.39 is 64.9 Å². The summed E-state index contributed by atoms with van der Waals surface area (Å²) in [4.78, 5) is 21.4. The number of rotatable bonds is 5. The van der Waals surface area contributed by atoms with Crippen LogP contribution in [0.25, 0.3) is 0 Å². The summed E-state index contributed by atoms with van der Waals surface area (Å²) in [5.74, 6) is -8.10. The summed E-state index contributed by atoms with van der Waals surface area (Å²) >= 11 is 0.